The summed E-state index contributed by atoms with van der Waals surface area (Å²) >= 11 is 0. The highest BCUT2D eigenvalue weighted by atomic mass is 16.1. The predicted octanol–water partition coefficient (Wildman–Crippen LogP) is 4.95. The lowest BCUT2D eigenvalue weighted by Crippen LogP contribution is -2.44. The van der Waals surface area contributed by atoms with Crippen molar-refractivity contribution in [3.8, 4) is 0 Å². The molecule has 1 amide bonds. The Kier molecular flexibility index (Phi) is 19.4. The molecule has 0 aromatic heterocycles. The third-order valence-corrected chi connectivity index (χ3v) is 5.41. The third-order valence-electron chi connectivity index (χ3n) is 5.41. The number of carbonyl (C=O) groups is 3. The number of amides is 1. The monoisotopic (exact) mass is 455 g/mol. The zero-order chi connectivity index (χ0) is 24.9. The van der Waals surface area contributed by atoms with Crippen molar-refractivity contribution in [3.05, 3.63) is 12.3 Å². The van der Waals surface area contributed by atoms with Gasteiger partial charge in [0.15, 0.2) is 5.78 Å². The van der Waals surface area contributed by atoms with Gasteiger partial charge in [-0.1, -0.05) is 55.5 Å². The second-order valence-electron chi connectivity index (χ2n) is 9.92. The van der Waals surface area contributed by atoms with Crippen molar-refractivity contribution < 1.29 is 14.4 Å². The van der Waals surface area contributed by atoms with Gasteiger partial charge < -0.3 is 11.5 Å². The van der Waals surface area contributed by atoms with Gasteiger partial charge in [0.25, 0.3) is 0 Å². The van der Waals surface area contributed by atoms with Gasteiger partial charge >= 0.3 is 0 Å². The molecule has 0 rings (SSSR count). The fourth-order valence-corrected chi connectivity index (χ4v) is 3.35. The van der Waals surface area contributed by atoms with Crippen LogP contribution in [-0.4, -0.2) is 41.5 Å². The van der Waals surface area contributed by atoms with E-state index < -0.39 is 0 Å². The number of hydrogen-bond acceptors (Lipinski definition) is 5. The van der Waals surface area contributed by atoms with Gasteiger partial charge in [0, 0.05) is 35.9 Å². The summed E-state index contributed by atoms with van der Waals surface area (Å²) in [6.07, 6.45) is 3.24. The van der Waals surface area contributed by atoms with Crippen LogP contribution in [0, 0.1) is 23.7 Å². The quantitative estimate of drug-likeness (QED) is 0.385. The highest BCUT2D eigenvalue weighted by Crippen LogP contribution is 2.21. The number of ketones is 2. The number of primary amides is 1. The topological polar surface area (TPSA) is 106 Å². The number of nitrogens with zero attached hydrogens (tertiary/aromatic N) is 1. The molecule has 0 unspecified atom stereocenters. The van der Waals surface area contributed by atoms with Crippen LogP contribution in [0.3, 0.4) is 0 Å². The van der Waals surface area contributed by atoms with Crippen molar-refractivity contribution in [1.82, 2.24) is 4.90 Å². The molecule has 0 bridgehead atoms. The lowest BCUT2D eigenvalue weighted by molar-refractivity contribution is -0.128. The molecule has 0 spiro atoms. The first-order chi connectivity index (χ1) is 14.1. The highest BCUT2D eigenvalue weighted by Gasteiger charge is 2.26. The van der Waals surface area contributed by atoms with Gasteiger partial charge in [0.05, 0.1) is 6.04 Å². The summed E-state index contributed by atoms with van der Waals surface area (Å²) in [5.41, 5.74) is 11.3. The van der Waals surface area contributed by atoms with Gasteiger partial charge in [-0.15, -0.1) is 0 Å². The smallest absolute Gasteiger partial charge is 0.217 e. The zero-order valence-corrected chi connectivity index (χ0v) is 21.5. The minimum Gasteiger partial charge on any atom is -0.403 e. The Labute approximate surface area is 198 Å². The zero-order valence-electron chi connectivity index (χ0n) is 21.5. The van der Waals surface area contributed by atoms with E-state index in [0.29, 0.717) is 36.9 Å². The summed E-state index contributed by atoms with van der Waals surface area (Å²) < 4.78 is 0. The van der Waals surface area contributed by atoms with Crippen molar-refractivity contribution in [2.24, 2.45) is 35.1 Å². The molecule has 0 aromatic carbocycles. The lowest BCUT2D eigenvalue weighted by Gasteiger charge is -2.31. The van der Waals surface area contributed by atoms with Gasteiger partial charge in [-0.05, 0) is 52.5 Å². The SMILES string of the molecule is C.C=C(N)CC[C@@H](C(=O)C(C)C)N(C)C(C)C.CC(C)C[C@@H](CCC(N)=O)C(=O)C(C)C. The van der Waals surface area contributed by atoms with E-state index in [1.807, 2.05) is 34.7 Å². The normalized spacial score (nSPS) is 12.9. The average Bonchev–Trinajstić information content (AvgIpc) is 2.63. The summed E-state index contributed by atoms with van der Waals surface area (Å²) in [5, 5.41) is 0. The second kappa shape index (κ2) is 17.8. The first-order valence-electron chi connectivity index (χ1n) is 11.6. The van der Waals surface area contributed by atoms with E-state index in [2.05, 4.69) is 39.2 Å². The van der Waals surface area contributed by atoms with Gasteiger partial charge in [-0.2, -0.15) is 0 Å². The Morgan fingerprint density at radius 3 is 1.59 bits per heavy atom. The molecule has 0 heterocycles. The summed E-state index contributed by atoms with van der Waals surface area (Å²) in [4.78, 5) is 36.7. The number of hydrogen-bond donors (Lipinski definition) is 2. The molecule has 190 valence electrons. The summed E-state index contributed by atoms with van der Waals surface area (Å²) in [6.45, 7) is 19.7. The number of allylic oxidation sites excluding steroid dienone is 1. The molecule has 0 fully saturated rings. The van der Waals surface area contributed by atoms with E-state index >= 15 is 0 Å². The summed E-state index contributed by atoms with van der Waals surface area (Å²) in [7, 11) is 1.99. The Balaban J connectivity index is -0.000000511. The first-order valence-corrected chi connectivity index (χ1v) is 11.6. The largest absolute Gasteiger partial charge is 0.403 e. The predicted molar refractivity (Wildman–Crippen MR) is 137 cm³/mol. The molecule has 0 saturated carbocycles. The molecule has 4 N–H and O–H groups in total. The Hall–Kier alpha value is -1.69. The Morgan fingerprint density at radius 2 is 1.28 bits per heavy atom. The standard InChI is InChI=1S/C13H26N2O.C12H23NO2.CH4/c1-9(2)13(16)12(8-7-11(5)14)15(6)10(3)4;1-8(2)7-10(5-6-11(13)14)12(15)9(3)4;/h9-10,12H,5,7-8,14H2,1-4,6H3;8-10H,5-7H2,1-4H3,(H2,13,14);1H4/t12-;10-;/m01./s1. The van der Waals surface area contributed by atoms with E-state index in [0.717, 1.165) is 12.8 Å². The van der Waals surface area contributed by atoms with Crippen LogP contribution in [0.2, 0.25) is 0 Å². The second-order valence-corrected chi connectivity index (χ2v) is 9.92. The number of rotatable bonds is 14. The summed E-state index contributed by atoms with van der Waals surface area (Å²) in [5.74, 6) is 0.810. The van der Waals surface area contributed by atoms with Crippen LogP contribution in [0.4, 0.5) is 0 Å². The van der Waals surface area contributed by atoms with E-state index in [-0.39, 0.29) is 48.7 Å². The van der Waals surface area contributed by atoms with Crippen LogP contribution in [0.25, 0.3) is 0 Å². The molecule has 2 atom stereocenters. The van der Waals surface area contributed by atoms with Crippen molar-refractivity contribution in [3.63, 3.8) is 0 Å². The van der Waals surface area contributed by atoms with Crippen LogP contribution in [0.15, 0.2) is 12.3 Å². The minimum atomic E-state index is -0.319. The summed E-state index contributed by atoms with van der Waals surface area (Å²) in [6, 6.07) is 0.319. The van der Waals surface area contributed by atoms with Gasteiger partial charge in [-0.3, -0.25) is 19.3 Å². The molecule has 6 nitrogen and oxygen atoms in total. The van der Waals surface area contributed by atoms with E-state index in [9.17, 15) is 14.4 Å². The number of Topliss-reactive ketones (excluding diaryl/α,β-unsaturated/α-hetero) is 2. The molecule has 6 heteroatoms. The Morgan fingerprint density at radius 1 is 0.812 bits per heavy atom. The van der Waals surface area contributed by atoms with Crippen LogP contribution in [-0.2, 0) is 14.4 Å². The highest BCUT2D eigenvalue weighted by molar-refractivity contribution is 5.85. The number of nitrogens with two attached hydrogens (primary N) is 2. The number of carbonyl (C=O) groups excluding carboxylic acids is 3. The van der Waals surface area contributed by atoms with E-state index in [4.69, 9.17) is 11.5 Å². The van der Waals surface area contributed by atoms with Crippen molar-refractivity contribution in [2.75, 3.05) is 7.05 Å². The maximum atomic E-state index is 12.1. The third kappa shape index (κ3) is 16.0. The van der Waals surface area contributed by atoms with Gasteiger partial charge in [0.2, 0.25) is 5.91 Å². The Bertz CT molecular complexity index is 569. The van der Waals surface area contributed by atoms with Crippen LogP contribution < -0.4 is 11.5 Å². The molecule has 32 heavy (non-hydrogen) atoms. The van der Waals surface area contributed by atoms with Crippen LogP contribution in [0.1, 0.15) is 94.9 Å². The lowest BCUT2D eigenvalue weighted by atomic mass is 9.85. The maximum absolute atomic E-state index is 12.1. The van der Waals surface area contributed by atoms with Gasteiger partial charge in [0.1, 0.15) is 5.78 Å². The minimum absolute atomic E-state index is 0. The van der Waals surface area contributed by atoms with Gasteiger partial charge in [-0.25, -0.2) is 0 Å². The van der Waals surface area contributed by atoms with E-state index in [1.54, 1.807) is 0 Å². The molecule has 0 aliphatic carbocycles. The van der Waals surface area contributed by atoms with Crippen molar-refractivity contribution in [2.45, 2.75) is 107 Å². The van der Waals surface area contributed by atoms with Crippen molar-refractivity contribution in [1.29, 1.82) is 0 Å². The van der Waals surface area contributed by atoms with Crippen LogP contribution >= 0.6 is 0 Å². The average molecular weight is 456 g/mol. The molecule has 0 saturated heterocycles. The number of likely N-dealkylation sites (N-methyl/N-ethyl adjacent to an activating group) is 1. The molecule has 0 aliphatic rings. The molecular formula is C26H53N3O3. The molecule has 0 aliphatic heterocycles. The van der Waals surface area contributed by atoms with Crippen LogP contribution in [0.5, 0.6) is 0 Å². The van der Waals surface area contributed by atoms with E-state index in [1.165, 1.54) is 0 Å². The fraction of sp³-hybridized carbons (Fsp3) is 0.808. The fourth-order valence-electron chi connectivity index (χ4n) is 3.35. The maximum Gasteiger partial charge on any atom is 0.217 e. The molecule has 0 aromatic rings. The first kappa shape index (κ1) is 34.9. The van der Waals surface area contributed by atoms with Crippen molar-refractivity contribution >= 4 is 17.5 Å². The molecular weight excluding hydrogens is 402 g/mol. The molecule has 0 radical (unpaired) electrons.